The Kier molecular flexibility index (Phi) is 5.03. The second-order valence-corrected chi connectivity index (χ2v) is 12.0. The number of aliphatic hydroxyl groups is 1. The fourth-order valence-electron chi connectivity index (χ4n) is 8.13. The number of amides is 1. The summed E-state index contributed by atoms with van der Waals surface area (Å²) in [5, 5.41) is 11.6. The van der Waals surface area contributed by atoms with Crippen LogP contribution in [0.15, 0.2) is 28.8 Å². The highest BCUT2D eigenvalue weighted by Gasteiger charge is 2.73. The number of hydrogen-bond donors (Lipinski definition) is 1. The summed E-state index contributed by atoms with van der Waals surface area (Å²) in [5.41, 5.74) is -0.575. The van der Waals surface area contributed by atoms with Crippen LogP contribution in [0.2, 0.25) is 0 Å². The predicted molar refractivity (Wildman–Crippen MR) is 126 cm³/mol. The lowest BCUT2D eigenvalue weighted by Gasteiger charge is -2.59. The van der Waals surface area contributed by atoms with Crippen LogP contribution >= 0.6 is 0 Å². The van der Waals surface area contributed by atoms with Crippen LogP contribution in [0.25, 0.3) is 0 Å². The molecule has 1 heterocycles. The minimum atomic E-state index is -0.961. The molecule has 7 atom stereocenters. The summed E-state index contributed by atoms with van der Waals surface area (Å²) in [6.45, 7) is 12.4. The van der Waals surface area contributed by atoms with E-state index in [1.54, 1.807) is 17.1 Å². The van der Waals surface area contributed by atoms with Gasteiger partial charge in [0.25, 0.3) is 11.9 Å². The van der Waals surface area contributed by atoms with Crippen molar-refractivity contribution in [3.05, 3.63) is 23.8 Å². The molecular formula is C27H38N2O4. The van der Waals surface area contributed by atoms with E-state index in [1.807, 2.05) is 33.8 Å². The van der Waals surface area contributed by atoms with E-state index in [4.69, 9.17) is 4.74 Å². The van der Waals surface area contributed by atoms with Crippen LogP contribution in [0, 0.1) is 28.6 Å². The quantitative estimate of drug-likeness (QED) is 0.683. The number of carbonyl (C=O) groups is 2. The van der Waals surface area contributed by atoms with Crippen molar-refractivity contribution in [2.45, 2.75) is 97.4 Å². The Bertz CT molecular complexity index is 981. The van der Waals surface area contributed by atoms with Gasteiger partial charge >= 0.3 is 0 Å². The van der Waals surface area contributed by atoms with Crippen molar-refractivity contribution in [1.82, 2.24) is 4.90 Å². The summed E-state index contributed by atoms with van der Waals surface area (Å²) < 4.78 is 6.60. The molecule has 4 aliphatic carbocycles. The maximum atomic E-state index is 14.0. The number of carbonyl (C=O) groups excluding carboxylic acids is 2. The molecule has 3 saturated carbocycles. The SMILES string of the molecule is CC(C)N=C1O[C@@]2(CC[C@H]3[C@@H]4CCC5=CC(=O)C=C[C@]5(C)[C@H]4[C@@H](O)C[C@@]32C)C(=O)N1C(C)C. The molecule has 4 fully saturated rings. The topological polar surface area (TPSA) is 79.2 Å². The molecule has 0 aromatic rings. The van der Waals surface area contributed by atoms with Crippen LogP contribution < -0.4 is 0 Å². The molecule has 6 heteroatoms. The first-order chi connectivity index (χ1) is 15.4. The number of allylic oxidation sites excluding steroid dienone is 4. The molecule has 5 aliphatic rings. The Morgan fingerprint density at radius 1 is 1.18 bits per heavy atom. The van der Waals surface area contributed by atoms with E-state index in [0.717, 1.165) is 24.8 Å². The number of ether oxygens (including phenoxy) is 1. The highest BCUT2D eigenvalue weighted by molar-refractivity contribution is 6.06. The molecule has 5 rings (SSSR count). The third kappa shape index (κ3) is 2.92. The molecule has 0 radical (unpaired) electrons. The molecule has 6 nitrogen and oxygen atoms in total. The molecule has 0 aromatic carbocycles. The van der Waals surface area contributed by atoms with Crippen molar-refractivity contribution < 1.29 is 19.4 Å². The van der Waals surface area contributed by atoms with Gasteiger partial charge in [0.1, 0.15) is 0 Å². The normalized spacial score (nSPS) is 45.5. The predicted octanol–water partition coefficient (Wildman–Crippen LogP) is 4.04. The van der Waals surface area contributed by atoms with Gasteiger partial charge in [-0.2, -0.15) is 0 Å². The third-order valence-corrected chi connectivity index (χ3v) is 9.54. The highest BCUT2D eigenvalue weighted by atomic mass is 16.6. The Morgan fingerprint density at radius 2 is 1.91 bits per heavy atom. The average molecular weight is 455 g/mol. The van der Waals surface area contributed by atoms with Crippen LogP contribution in [0.1, 0.15) is 73.6 Å². The first-order valence-electron chi connectivity index (χ1n) is 12.7. The third-order valence-electron chi connectivity index (χ3n) is 9.54. The van der Waals surface area contributed by atoms with E-state index in [1.165, 1.54) is 0 Å². The van der Waals surface area contributed by atoms with Gasteiger partial charge in [0.05, 0.1) is 6.10 Å². The molecule has 33 heavy (non-hydrogen) atoms. The summed E-state index contributed by atoms with van der Waals surface area (Å²) in [7, 11) is 0. The van der Waals surface area contributed by atoms with E-state index in [-0.39, 0.29) is 46.9 Å². The second kappa shape index (κ2) is 7.27. The lowest BCUT2D eigenvalue weighted by molar-refractivity contribution is -0.169. The number of rotatable bonds is 2. The minimum absolute atomic E-state index is 0.0123. The maximum Gasteiger partial charge on any atom is 0.295 e. The van der Waals surface area contributed by atoms with Crippen molar-refractivity contribution >= 4 is 17.7 Å². The van der Waals surface area contributed by atoms with Gasteiger partial charge in [-0.25, -0.2) is 4.99 Å². The van der Waals surface area contributed by atoms with Gasteiger partial charge in [-0.15, -0.1) is 0 Å². The van der Waals surface area contributed by atoms with Crippen LogP contribution in [0.5, 0.6) is 0 Å². The summed E-state index contributed by atoms with van der Waals surface area (Å²) in [5.74, 6) is 0.682. The van der Waals surface area contributed by atoms with Crippen molar-refractivity contribution in [1.29, 1.82) is 0 Å². The Morgan fingerprint density at radius 3 is 2.58 bits per heavy atom. The van der Waals surface area contributed by atoms with Crippen molar-refractivity contribution in [3.8, 4) is 0 Å². The molecule has 1 spiro atoms. The monoisotopic (exact) mass is 454 g/mol. The second-order valence-electron chi connectivity index (χ2n) is 12.0. The van der Waals surface area contributed by atoms with Gasteiger partial charge in [-0.3, -0.25) is 14.5 Å². The van der Waals surface area contributed by atoms with Gasteiger partial charge in [0, 0.05) is 28.8 Å². The Balaban J connectivity index is 1.55. The lowest BCUT2D eigenvalue weighted by Crippen LogP contribution is -2.61. The van der Waals surface area contributed by atoms with Gasteiger partial charge in [-0.1, -0.05) is 25.5 Å². The summed E-state index contributed by atoms with van der Waals surface area (Å²) in [4.78, 5) is 32.5. The number of ketones is 1. The number of aliphatic hydroxyl groups excluding tert-OH is 1. The summed E-state index contributed by atoms with van der Waals surface area (Å²) >= 11 is 0. The molecule has 1 N–H and O–H groups in total. The van der Waals surface area contributed by atoms with E-state index in [2.05, 4.69) is 18.8 Å². The molecule has 0 bridgehead atoms. The molecular weight excluding hydrogens is 416 g/mol. The number of aliphatic imine (C=N–C) groups is 1. The standard InChI is InChI=1S/C27H38N2O4/c1-15(2)28-24-29(16(3)4)23(32)27(33-24)12-10-20-19-8-7-17-13-18(30)9-11-25(17,5)22(19)21(31)14-26(20,27)6/h9,11,13,15-16,19-22,31H,7-8,10,12,14H2,1-6H3/t19-,20-,21-,22+,25-,26-,27-/m0/s1. The average Bonchev–Trinajstić information content (AvgIpc) is 3.16. The zero-order chi connectivity index (χ0) is 23.9. The zero-order valence-corrected chi connectivity index (χ0v) is 20.8. The van der Waals surface area contributed by atoms with Crippen molar-refractivity contribution in [3.63, 3.8) is 0 Å². The van der Waals surface area contributed by atoms with E-state index in [9.17, 15) is 14.7 Å². The number of amidine groups is 1. The zero-order valence-electron chi connectivity index (χ0n) is 20.8. The fraction of sp³-hybridized carbons (Fsp3) is 0.741. The van der Waals surface area contributed by atoms with Crippen LogP contribution in [-0.4, -0.2) is 51.5 Å². The first kappa shape index (κ1) is 22.8. The number of hydrogen-bond acceptors (Lipinski definition) is 5. The molecule has 1 aliphatic heterocycles. The van der Waals surface area contributed by atoms with Crippen LogP contribution in [0.4, 0.5) is 0 Å². The van der Waals surface area contributed by atoms with Crippen molar-refractivity contribution in [2.75, 3.05) is 0 Å². The largest absolute Gasteiger partial charge is 0.447 e. The Labute approximate surface area is 197 Å². The number of nitrogens with zero attached hydrogens (tertiary/aromatic N) is 2. The first-order valence-corrected chi connectivity index (χ1v) is 12.7. The molecule has 0 unspecified atom stereocenters. The molecule has 1 amide bonds. The van der Waals surface area contributed by atoms with Gasteiger partial charge < -0.3 is 9.84 Å². The van der Waals surface area contributed by atoms with Crippen LogP contribution in [0.3, 0.4) is 0 Å². The summed E-state index contributed by atoms with van der Waals surface area (Å²) in [6, 6.07) is 0.433. The summed E-state index contributed by atoms with van der Waals surface area (Å²) in [6.07, 6.45) is 8.83. The smallest absolute Gasteiger partial charge is 0.295 e. The molecule has 1 saturated heterocycles. The number of fused-ring (bicyclic) bond motifs is 6. The Hall–Kier alpha value is -1.95. The molecule has 180 valence electrons. The van der Waals surface area contributed by atoms with Gasteiger partial charge in [0.15, 0.2) is 11.4 Å². The maximum absolute atomic E-state index is 14.0. The van der Waals surface area contributed by atoms with E-state index in [0.29, 0.717) is 18.9 Å². The van der Waals surface area contributed by atoms with Gasteiger partial charge in [-0.05, 0) is 83.8 Å². The van der Waals surface area contributed by atoms with Crippen molar-refractivity contribution in [2.24, 2.45) is 33.6 Å². The van der Waals surface area contributed by atoms with E-state index < -0.39 is 17.1 Å². The fourth-order valence-corrected chi connectivity index (χ4v) is 8.13. The van der Waals surface area contributed by atoms with Crippen LogP contribution in [-0.2, 0) is 14.3 Å². The highest BCUT2D eigenvalue weighted by Crippen LogP contribution is 2.68. The molecule has 0 aromatic heterocycles. The van der Waals surface area contributed by atoms with E-state index >= 15 is 0 Å². The lowest BCUT2D eigenvalue weighted by atomic mass is 9.46. The minimum Gasteiger partial charge on any atom is -0.447 e. The van der Waals surface area contributed by atoms with Gasteiger partial charge in [0.2, 0.25) is 0 Å².